The van der Waals surface area contributed by atoms with E-state index in [4.69, 9.17) is 9.47 Å². The number of amides is 2. The minimum Gasteiger partial charge on any atom is -0.502 e. The normalized spacial score (nSPS) is 21.5. The standard InChI is InChI=1S/2C27H25N3O4/c2*31-21-12-16-29-24(25(21)32)26(33)28-18-30(29)23(19-8-2-1-3-9-19)20-10-4-5-11-22(20)34-17-7-15-27(28)13-6-14-27/h2*1-5,7-12,15-16,23,32H,6,13-14,17-18H2/b2*15-7+/t2*23-/m10/s1. The van der Waals surface area contributed by atoms with Gasteiger partial charge in [-0.15, -0.1) is 0 Å². The molecule has 344 valence electrons. The van der Waals surface area contributed by atoms with Crippen LogP contribution in [-0.4, -0.2) is 78.8 Å². The lowest BCUT2D eigenvalue weighted by Crippen LogP contribution is -2.64. The average molecular weight is 911 g/mol. The number of benzene rings is 4. The summed E-state index contributed by atoms with van der Waals surface area (Å²) in [4.78, 5) is 55.9. The first-order valence-electron chi connectivity index (χ1n) is 23.1. The quantitative estimate of drug-likeness (QED) is 0.172. The van der Waals surface area contributed by atoms with Crippen LogP contribution in [0.1, 0.15) is 93.8 Å². The molecular weight excluding hydrogens is 861 g/mol. The van der Waals surface area contributed by atoms with Crippen molar-refractivity contribution in [1.29, 1.82) is 0 Å². The van der Waals surface area contributed by atoms with E-state index in [1.54, 1.807) is 21.7 Å². The lowest BCUT2D eigenvalue weighted by atomic mass is 9.74. The number of aromatic hydroxyl groups is 2. The molecule has 2 N–H and O–H groups in total. The van der Waals surface area contributed by atoms with Gasteiger partial charge in [0.2, 0.25) is 10.9 Å². The number of carbonyl (C=O) groups is 2. The van der Waals surface area contributed by atoms with Crippen LogP contribution >= 0.6 is 0 Å². The molecule has 12 rings (SSSR count). The largest absolute Gasteiger partial charge is 0.502 e. The van der Waals surface area contributed by atoms with Gasteiger partial charge >= 0.3 is 0 Å². The van der Waals surface area contributed by atoms with Crippen molar-refractivity contribution >= 4 is 11.8 Å². The molecule has 6 aliphatic rings. The van der Waals surface area contributed by atoms with Crippen LogP contribution < -0.4 is 30.3 Å². The van der Waals surface area contributed by atoms with Crippen LogP contribution in [0.3, 0.4) is 0 Å². The molecule has 14 nitrogen and oxygen atoms in total. The number of hydrogen-bond acceptors (Lipinski definition) is 10. The summed E-state index contributed by atoms with van der Waals surface area (Å²) in [5.41, 5.74) is 1.80. The van der Waals surface area contributed by atoms with Crippen molar-refractivity contribution < 1.29 is 29.3 Å². The fraction of sp³-hybridized carbons (Fsp3) is 0.259. The minimum atomic E-state index is -0.566. The molecular formula is C54H50N6O8. The van der Waals surface area contributed by atoms with Crippen molar-refractivity contribution in [3.63, 3.8) is 0 Å². The molecule has 0 unspecified atom stereocenters. The summed E-state index contributed by atoms with van der Waals surface area (Å²) in [6.45, 7) is 1.37. The molecule has 4 aliphatic heterocycles. The monoisotopic (exact) mass is 910 g/mol. The lowest BCUT2D eigenvalue weighted by Gasteiger charge is -2.53. The number of ether oxygens (including phenoxy) is 2. The van der Waals surface area contributed by atoms with E-state index in [0.29, 0.717) is 26.6 Å². The second-order valence-electron chi connectivity index (χ2n) is 18.1. The highest BCUT2D eigenvalue weighted by Gasteiger charge is 2.50. The third-order valence-corrected chi connectivity index (χ3v) is 14.4. The Balaban J connectivity index is 0.000000149. The van der Waals surface area contributed by atoms with Crippen molar-refractivity contribution in [3.05, 3.63) is 212 Å². The van der Waals surface area contributed by atoms with Crippen molar-refractivity contribution in [3.8, 4) is 23.0 Å². The molecule has 14 heteroatoms. The zero-order chi connectivity index (χ0) is 46.6. The molecule has 2 saturated carbocycles. The van der Waals surface area contributed by atoms with Crippen molar-refractivity contribution in [1.82, 2.24) is 19.2 Å². The fourth-order valence-corrected chi connectivity index (χ4v) is 10.7. The summed E-state index contributed by atoms with van der Waals surface area (Å²) >= 11 is 0. The zero-order valence-electron chi connectivity index (χ0n) is 37.3. The Morgan fingerprint density at radius 2 is 0.868 bits per heavy atom. The molecule has 6 aromatic rings. The van der Waals surface area contributed by atoms with Gasteiger partial charge in [-0.25, -0.2) is 0 Å². The Labute approximate surface area is 392 Å². The van der Waals surface area contributed by atoms with E-state index in [1.165, 1.54) is 12.1 Å². The first-order chi connectivity index (χ1) is 33.2. The van der Waals surface area contributed by atoms with E-state index in [1.807, 2.05) is 141 Å². The van der Waals surface area contributed by atoms with Gasteiger partial charge in [-0.1, -0.05) is 109 Å². The van der Waals surface area contributed by atoms with Crippen LogP contribution in [0.25, 0.3) is 0 Å². The third-order valence-electron chi connectivity index (χ3n) is 14.4. The van der Waals surface area contributed by atoms with Crippen molar-refractivity contribution in [2.45, 2.75) is 61.7 Å². The van der Waals surface area contributed by atoms with Crippen LogP contribution in [0.5, 0.6) is 23.0 Å². The predicted octanol–water partition coefficient (Wildman–Crippen LogP) is 7.13. The Morgan fingerprint density at radius 1 is 0.485 bits per heavy atom. The van der Waals surface area contributed by atoms with Gasteiger partial charge in [0.15, 0.2) is 22.9 Å². The number of hydrogen-bond donors (Lipinski definition) is 2. The summed E-state index contributed by atoms with van der Waals surface area (Å²) in [7, 11) is 0. The topological polar surface area (TPSA) is 150 Å². The summed E-state index contributed by atoms with van der Waals surface area (Å²) in [6.07, 6.45) is 16.5. The number of para-hydroxylation sites is 2. The molecule has 2 atom stereocenters. The van der Waals surface area contributed by atoms with Gasteiger partial charge in [-0.2, -0.15) is 0 Å². The van der Waals surface area contributed by atoms with E-state index in [9.17, 15) is 29.4 Å². The first-order valence-corrected chi connectivity index (χ1v) is 23.1. The van der Waals surface area contributed by atoms with Gasteiger partial charge in [0.1, 0.15) is 50.1 Å². The summed E-state index contributed by atoms with van der Waals surface area (Å²) in [6, 6.07) is 37.8. The highest BCUT2D eigenvalue weighted by Crippen LogP contribution is 2.46. The molecule has 0 saturated heterocycles. The van der Waals surface area contributed by atoms with Crippen LogP contribution in [0.15, 0.2) is 168 Å². The Kier molecular flexibility index (Phi) is 10.7. The maximum atomic E-state index is 13.8. The third kappa shape index (κ3) is 7.01. The first kappa shape index (κ1) is 42.6. The van der Waals surface area contributed by atoms with Crippen LogP contribution in [0.2, 0.25) is 0 Å². The zero-order valence-corrected chi connectivity index (χ0v) is 37.3. The number of pyridine rings is 2. The van der Waals surface area contributed by atoms with E-state index >= 15 is 0 Å². The summed E-state index contributed by atoms with van der Waals surface area (Å²) in [5.74, 6) is -0.215. The van der Waals surface area contributed by atoms with Gasteiger partial charge in [0.05, 0.1) is 11.1 Å². The van der Waals surface area contributed by atoms with E-state index in [0.717, 1.165) is 72.3 Å². The Morgan fingerprint density at radius 3 is 1.25 bits per heavy atom. The van der Waals surface area contributed by atoms with Crippen molar-refractivity contribution in [2.75, 3.05) is 36.6 Å². The minimum absolute atomic E-state index is 0.00278. The second-order valence-corrected chi connectivity index (χ2v) is 18.1. The van der Waals surface area contributed by atoms with E-state index < -0.39 is 33.4 Å². The van der Waals surface area contributed by atoms with Crippen LogP contribution in [0, 0.1) is 0 Å². The Hall–Kier alpha value is -8.00. The Bertz CT molecular complexity index is 2900. The van der Waals surface area contributed by atoms with Crippen LogP contribution in [0.4, 0.5) is 0 Å². The number of nitrogens with zero attached hydrogens (tertiary/aromatic N) is 6. The molecule has 2 aromatic heterocycles. The van der Waals surface area contributed by atoms with Gasteiger partial charge in [0, 0.05) is 35.7 Å². The highest BCUT2D eigenvalue weighted by molar-refractivity contribution is 5.97. The number of carbonyl (C=O) groups excluding carboxylic acids is 2. The van der Waals surface area contributed by atoms with Gasteiger partial charge in [0.25, 0.3) is 11.8 Å². The summed E-state index contributed by atoms with van der Waals surface area (Å²) in [5, 5.41) is 25.6. The maximum absolute atomic E-state index is 13.8. The maximum Gasteiger partial charge on any atom is 0.278 e. The summed E-state index contributed by atoms with van der Waals surface area (Å²) < 4.78 is 15.7. The molecule has 4 bridgehead atoms. The molecule has 6 heterocycles. The van der Waals surface area contributed by atoms with Crippen molar-refractivity contribution in [2.24, 2.45) is 0 Å². The lowest BCUT2D eigenvalue weighted by molar-refractivity contribution is 0.0249. The van der Waals surface area contributed by atoms with Gasteiger partial charge in [-0.05, 0) is 73.9 Å². The molecule has 0 radical (unpaired) electrons. The SMILES string of the molecule is O=C1c2c(O)c(=O)ccn2N2CN1C1(/C=C/COc3ccccc3[C@@H]2c2ccccc2)CCC1.O=C1c2c(O)c(=O)ccn2N2CN1C1(/C=C/COc3ccccc3[C@H]2c2ccccc2)CCC1. The number of aromatic nitrogens is 2. The molecule has 2 fully saturated rings. The van der Waals surface area contributed by atoms with E-state index in [-0.39, 0.29) is 35.3 Å². The highest BCUT2D eigenvalue weighted by atomic mass is 16.5. The van der Waals surface area contributed by atoms with Gasteiger partial charge < -0.3 is 29.5 Å². The molecule has 2 amide bonds. The molecule has 2 spiro atoms. The average Bonchev–Trinajstić information content (AvgIpc) is 3.38. The smallest absolute Gasteiger partial charge is 0.278 e. The molecule has 68 heavy (non-hydrogen) atoms. The number of fused-ring (bicyclic) bond motifs is 12. The van der Waals surface area contributed by atoms with E-state index in [2.05, 4.69) is 12.2 Å². The second kappa shape index (κ2) is 17.0. The van der Waals surface area contributed by atoms with Crippen LogP contribution in [-0.2, 0) is 0 Å². The molecule has 2 aliphatic carbocycles. The van der Waals surface area contributed by atoms with Gasteiger partial charge in [-0.3, -0.25) is 38.5 Å². The molecule has 4 aromatic carbocycles. The number of rotatable bonds is 2. The predicted molar refractivity (Wildman–Crippen MR) is 255 cm³/mol. The fourth-order valence-electron chi connectivity index (χ4n) is 10.7.